The number of para-hydroxylation sites is 2. The van der Waals surface area contributed by atoms with Crippen molar-refractivity contribution < 1.29 is 14.3 Å². The number of anilines is 1. The van der Waals surface area contributed by atoms with Crippen molar-refractivity contribution in [2.45, 2.75) is 6.42 Å². The quantitative estimate of drug-likeness (QED) is 0.691. The van der Waals surface area contributed by atoms with Crippen molar-refractivity contribution in [1.29, 1.82) is 0 Å². The van der Waals surface area contributed by atoms with E-state index in [1.807, 2.05) is 24.3 Å². The number of hydrogen-bond donors (Lipinski definition) is 1. The Hall–Kier alpha value is -3.12. The number of rotatable bonds is 3. The van der Waals surface area contributed by atoms with Crippen molar-refractivity contribution in [3.05, 3.63) is 59.4 Å². The lowest BCUT2D eigenvalue weighted by Crippen LogP contribution is -2.08. The molecule has 0 bridgehead atoms. The molecule has 2 heterocycles. The topological polar surface area (TPSA) is 73.3 Å². The van der Waals surface area contributed by atoms with Crippen LogP contribution in [0.3, 0.4) is 0 Å². The van der Waals surface area contributed by atoms with Crippen molar-refractivity contribution in [2.75, 3.05) is 18.5 Å². The van der Waals surface area contributed by atoms with Gasteiger partial charge in [-0.25, -0.2) is 4.98 Å². The molecule has 0 atom stereocenters. The summed E-state index contributed by atoms with van der Waals surface area (Å²) in [7, 11) is 0. The van der Waals surface area contributed by atoms with Gasteiger partial charge in [0.05, 0.1) is 46.8 Å². The van der Waals surface area contributed by atoms with Crippen molar-refractivity contribution in [2.24, 2.45) is 0 Å². The molecule has 2 aromatic carbocycles. The molecule has 1 aromatic heterocycles. The third-order valence-electron chi connectivity index (χ3n) is 3.97. The Labute approximate surface area is 160 Å². The highest BCUT2D eigenvalue weighted by molar-refractivity contribution is 6.34. The van der Waals surface area contributed by atoms with Gasteiger partial charge in [0.2, 0.25) is 5.91 Å². The normalized spacial score (nSPS) is 13.5. The molecule has 136 valence electrons. The second-order valence-electron chi connectivity index (χ2n) is 5.94. The number of carbonyl (C=O) groups is 1. The zero-order chi connectivity index (χ0) is 18.6. The van der Waals surface area contributed by atoms with Crippen LogP contribution in [0.25, 0.3) is 17.1 Å². The Morgan fingerprint density at radius 1 is 1.11 bits per heavy atom. The molecule has 1 aliphatic rings. The minimum Gasteiger partial charge on any atom is -0.490 e. The highest BCUT2D eigenvalue weighted by atomic mass is 35.5. The number of benzene rings is 2. The van der Waals surface area contributed by atoms with E-state index in [9.17, 15) is 4.79 Å². The molecule has 1 aliphatic heterocycles. The summed E-state index contributed by atoms with van der Waals surface area (Å²) < 4.78 is 11.2. The van der Waals surface area contributed by atoms with E-state index in [2.05, 4.69) is 15.3 Å². The molecule has 0 fully saturated rings. The van der Waals surface area contributed by atoms with Crippen molar-refractivity contribution in [3.63, 3.8) is 0 Å². The van der Waals surface area contributed by atoms with Crippen LogP contribution in [0.4, 0.5) is 5.69 Å². The summed E-state index contributed by atoms with van der Waals surface area (Å²) in [5, 5.41) is 3.13. The summed E-state index contributed by atoms with van der Waals surface area (Å²) in [6.07, 6.45) is 5.40. The highest BCUT2D eigenvalue weighted by Gasteiger charge is 2.15. The van der Waals surface area contributed by atoms with Crippen LogP contribution in [0.15, 0.2) is 48.7 Å². The molecular formula is C20H16ClN3O3. The van der Waals surface area contributed by atoms with E-state index in [1.165, 1.54) is 6.08 Å². The molecule has 4 rings (SSSR count). The minimum absolute atomic E-state index is 0.332. The number of hydrogen-bond acceptors (Lipinski definition) is 5. The van der Waals surface area contributed by atoms with Crippen LogP contribution in [0.5, 0.6) is 11.5 Å². The van der Waals surface area contributed by atoms with Crippen LogP contribution in [-0.4, -0.2) is 29.1 Å². The fourth-order valence-electron chi connectivity index (χ4n) is 2.67. The Bertz CT molecular complexity index is 1040. The summed E-state index contributed by atoms with van der Waals surface area (Å²) in [6, 6.07) is 10.9. The molecule has 27 heavy (non-hydrogen) atoms. The first-order valence-electron chi connectivity index (χ1n) is 8.49. The van der Waals surface area contributed by atoms with Crippen LogP contribution in [-0.2, 0) is 4.79 Å². The monoisotopic (exact) mass is 381 g/mol. The van der Waals surface area contributed by atoms with Crippen molar-refractivity contribution in [1.82, 2.24) is 9.97 Å². The highest BCUT2D eigenvalue weighted by Crippen LogP contribution is 2.37. The third-order valence-corrected chi connectivity index (χ3v) is 4.28. The number of nitrogens with one attached hydrogen (secondary N) is 1. The molecule has 0 spiro atoms. The van der Waals surface area contributed by atoms with E-state index in [1.54, 1.807) is 24.4 Å². The van der Waals surface area contributed by atoms with E-state index >= 15 is 0 Å². The van der Waals surface area contributed by atoms with E-state index in [-0.39, 0.29) is 5.91 Å². The van der Waals surface area contributed by atoms with E-state index in [4.69, 9.17) is 21.1 Å². The lowest BCUT2D eigenvalue weighted by molar-refractivity contribution is -0.111. The molecular weight excluding hydrogens is 366 g/mol. The number of amides is 1. The minimum atomic E-state index is -0.332. The molecule has 7 heteroatoms. The summed E-state index contributed by atoms with van der Waals surface area (Å²) >= 11 is 6.24. The molecule has 0 saturated heterocycles. The Morgan fingerprint density at radius 3 is 2.67 bits per heavy atom. The van der Waals surface area contributed by atoms with Gasteiger partial charge in [0.25, 0.3) is 0 Å². The third kappa shape index (κ3) is 4.01. The first kappa shape index (κ1) is 17.3. The predicted octanol–water partition coefficient (Wildman–Crippen LogP) is 4.10. The van der Waals surface area contributed by atoms with Gasteiger partial charge in [-0.2, -0.15) is 0 Å². The maximum atomic E-state index is 12.3. The maximum absolute atomic E-state index is 12.3. The zero-order valence-electron chi connectivity index (χ0n) is 14.3. The molecule has 0 aliphatic carbocycles. The molecule has 0 saturated carbocycles. The van der Waals surface area contributed by atoms with E-state index in [0.717, 1.165) is 17.5 Å². The first-order chi connectivity index (χ1) is 13.2. The van der Waals surface area contributed by atoms with Crippen LogP contribution >= 0.6 is 11.6 Å². The standard InChI is InChI=1S/C20H16ClN3O3/c21-14-10-18-19(27-9-3-8-26-18)11-17(14)24-20(25)7-6-13-12-22-15-4-1-2-5-16(15)23-13/h1-2,4-7,10-12H,3,8-9H2,(H,24,25)/b7-6+. The summed E-state index contributed by atoms with van der Waals surface area (Å²) in [4.78, 5) is 21.0. The van der Waals surface area contributed by atoms with Crippen LogP contribution in [0, 0.1) is 0 Å². The van der Waals surface area contributed by atoms with E-state index in [0.29, 0.717) is 41.1 Å². The molecule has 0 unspecified atom stereocenters. The van der Waals surface area contributed by atoms with Crippen LogP contribution in [0.1, 0.15) is 12.1 Å². The van der Waals surface area contributed by atoms with Crippen molar-refractivity contribution in [3.8, 4) is 11.5 Å². The molecule has 3 aromatic rings. The van der Waals surface area contributed by atoms with Gasteiger partial charge < -0.3 is 14.8 Å². The first-order valence-corrected chi connectivity index (χ1v) is 8.87. The van der Waals surface area contributed by atoms with Gasteiger partial charge in [-0.05, 0) is 18.2 Å². The van der Waals surface area contributed by atoms with Gasteiger partial charge in [0.15, 0.2) is 11.5 Å². The number of fused-ring (bicyclic) bond motifs is 2. The number of nitrogens with zero attached hydrogens (tertiary/aromatic N) is 2. The van der Waals surface area contributed by atoms with Gasteiger partial charge >= 0.3 is 0 Å². The maximum Gasteiger partial charge on any atom is 0.248 e. The molecule has 0 radical (unpaired) electrons. The van der Waals surface area contributed by atoms with Crippen LogP contribution in [0.2, 0.25) is 5.02 Å². The lowest BCUT2D eigenvalue weighted by Gasteiger charge is -2.11. The molecule has 1 amide bonds. The van der Waals surface area contributed by atoms with Gasteiger partial charge in [0, 0.05) is 24.6 Å². The van der Waals surface area contributed by atoms with Gasteiger partial charge in [0.1, 0.15) is 0 Å². The predicted molar refractivity (Wildman–Crippen MR) is 104 cm³/mol. The fourth-order valence-corrected chi connectivity index (χ4v) is 2.87. The number of aromatic nitrogens is 2. The average Bonchev–Trinajstić information content (AvgIpc) is 2.91. The van der Waals surface area contributed by atoms with Gasteiger partial charge in [-0.1, -0.05) is 23.7 Å². The second kappa shape index (κ2) is 7.63. The Morgan fingerprint density at radius 2 is 1.85 bits per heavy atom. The smallest absolute Gasteiger partial charge is 0.248 e. The largest absolute Gasteiger partial charge is 0.490 e. The molecule has 1 N–H and O–H groups in total. The summed E-state index contributed by atoms with van der Waals surface area (Å²) in [5.41, 5.74) is 2.62. The van der Waals surface area contributed by atoms with Gasteiger partial charge in [-0.15, -0.1) is 0 Å². The van der Waals surface area contributed by atoms with Crippen molar-refractivity contribution >= 4 is 40.3 Å². The fraction of sp³-hybridized carbons (Fsp3) is 0.150. The van der Waals surface area contributed by atoms with Crippen LogP contribution < -0.4 is 14.8 Å². The van der Waals surface area contributed by atoms with E-state index < -0.39 is 0 Å². The lowest BCUT2D eigenvalue weighted by atomic mass is 10.2. The average molecular weight is 382 g/mol. The number of halogens is 1. The number of carbonyl (C=O) groups excluding carboxylic acids is 1. The number of ether oxygens (including phenoxy) is 2. The Balaban J connectivity index is 1.50. The summed E-state index contributed by atoms with van der Waals surface area (Å²) in [5.74, 6) is 0.815. The summed E-state index contributed by atoms with van der Waals surface area (Å²) in [6.45, 7) is 1.13. The SMILES string of the molecule is O=C(/C=C/c1cnc2ccccc2n1)Nc1cc2c(cc1Cl)OCCCO2. The Kier molecular flexibility index (Phi) is 4.89. The zero-order valence-corrected chi connectivity index (χ0v) is 15.1. The molecule has 6 nitrogen and oxygen atoms in total. The van der Waals surface area contributed by atoms with Gasteiger partial charge in [-0.3, -0.25) is 9.78 Å². The second-order valence-corrected chi connectivity index (χ2v) is 6.34.